The van der Waals surface area contributed by atoms with Crippen molar-refractivity contribution in [3.05, 3.63) is 21.0 Å². The summed E-state index contributed by atoms with van der Waals surface area (Å²) >= 11 is 0. The Balaban J connectivity index is 2.86. The molecule has 7 nitrogen and oxygen atoms in total. The zero-order chi connectivity index (χ0) is 10.0. The number of aromatic amines is 2. The van der Waals surface area contributed by atoms with Crippen LogP contribution < -0.4 is 17.1 Å². The van der Waals surface area contributed by atoms with E-state index in [4.69, 9.17) is 10.8 Å². The van der Waals surface area contributed by atoms with Crippen LogP contribution in [0.25, 0.3) is 0 Å². The van der Waals surface area contributed by atoms with Gasteiger partial charge in [0, 0.05) is 12.6 Å². The lowest BCUT2D eigenvalue weighted by Crippen LogP contribution is -2.42. The first kappa shape index (κ1) is 9.75. The first-order chi connectivity index (χ1) is 6.02. The van der Waals surface area contributed by atoms with E-state index >= 15 is 0 Å². The quantitative estimate of drug-likeness (QED) is 0.422. The van der Waals surface area contributed by atoms with E-state index in [1.807, 2.05) is 0 Å². The van der Waals surface area contributed by atoms with E-state index in [9.17, 15) is 9.59 Å². The van der Waals surface area contributed by atoms with Crippen LogP contribution in [0.3, 0.4) is 0 Å². The lowest BCUT2D eigenvalue weighted by Gasteiger charge is -2.13. The maximum absolute atomic E-state index is 10.9. The largest absolute Gasteiger partial charge is 0.392 e. The summed E-state index contributed by atoms with van der Waals surface area (Å²) in [5.74, 6) is 0. The zero-order valence-corrected chi connectivity index (χ0v) is 7.15. The predicted octanol–water partition coefficient (Wildman–Crippen LogP) is -2.43. The number of nitrogens with one attached hydrogen (secondary N) is 2. The lowest BCUT2D eigenvalue weighted by atomic mass is 10.2. The van der Waals surface area contributed by atoms with Gasteiger partial charge in [-0.05, 0) is 6.92 Å². The van der Waals surface area contributed by atoms with E-state index in [1.165, 1.54) is 6.92 Å². The minimum atomic E-state index is -0.763. The number of rotatable bonds is 3. The summed E-state index contributed by atoms with van der Waals surface area (Å²) in [6, 6.07) is -0.630. The highest BCUT2D eigenvalue weighted by atomic mass is 16.3. The van der Waals surface area contributed by atoms with Crippen LogP contribution in [0.4, 0.5) is 0 Å². The predicted molar refractivity (Wildman–Crippen MR) is 45.3 cm³/mol. The van der Waals surface area contributed by atoms with Crippen LogP contribution in [0.5, 0.6) is 0 Å². The Morgan fingerprint density at radius 3 is 2.31 bits per heavy atom. The third-order valence-corrected chi connectivity index (χ3v) is 1.78. The van der Waals surface area contributed by atoms with E-state index in [-0.39, 0.29) is 6.54 Å². The van der Waals surface area contributed by atoms with Crippen molar-refractivity contribution in [1.29, 1.82) is 0 Å². The number of aliphatic hydroxyl groups is 1. The smallest absolute Gasteiger partial charge is 0.344 e. The van der Waals surface area contributed by atoms with Crippen LogP contribution >= 0.6 is 0 Å². The summed E-state index contributed by atoms with van der Waals surface area (Å²) in [7, 11) is 0. The van der Waals surface area contributed by atoms with Crippen molar-refractivity contribution < 1.29 is 5.11 Å². The second kappa shape index (κ2) is 3.58. The van der Waals surface area contributed by atoms with Crippen LogP contribution in [0.15, 0.2) is 9.59 Å². The van der Waals surface area contributed by atoms with Crippen LogP contribution in [-0.2, 0) is 6.54 Å². The van der Waals surface area contributed by atoms with E-state index < -0.39 is 23.5 Å². The number of aromatic nitrogens is 3. The van der Waals surface area contributed by atoms with Crippen molar-refractivity contribution in [2.45, 2.75) is 25.6 Å². The van der Waals surface area contributed by atoms with Crippen molar-refractivity contribution in [3.8, 4) is 0 Å². The molecule has 0 spiro atoms. The molecule has 2 unspecified atom stereocenters. The summed E-state index contributed by atoms with van der Waals surface area (Å²) in [5.41, 5.74) is 4.36. The molecule has 5 N–H and O–H groups in total. The molecular formula is C6H12N4O3. The Labute approximate surface area is 73.2 Å². The summed E-state index contributed by atoms with van der Waals surface area (Å²) in [5, 5.41) is 13.3. The SMILES string of the molecule is CC(O)C(N)Cn1c(=O)[nH][nH]c1=O. The van der Waals surface area contributed by atoms with Gasteiger partial charge in [0.25, 0.3) is 0 Å². The molecule has 0 aliphatic carbocycles. The van der Waals surface area contributed by atoms with Gasteiger partial charge in [-0.3, -0.25) is 0 Å². The first-order valence-electron chi connectivity index (χ1n) is 3.83. The average Bonchev–Trinajstić information content (AvgIpc) is 2.35. The summed E-state index contributed by atoms with van der Waals surface area (Å²) in [6.45, 7) is 1.49. The van der Waals surface area contributed by atoms with E-state index in [2.05, 4.69) is 10.2 Å². The van der Waals surface area contributed by atoms with Gasteiger partial charge in [-0.2, -0.15) is 0 Å². The Morgan fingerprint density at radius 1 is 1.46 bits per heavy atom. The Hall–Kier alpha value is -1.34. The molecule has 7 heteroatoms. The van der Waals surface area contributed by atoms with E-state index in [0.717, 1.165) is 4.57 Å². The van der Waals surface area contributed by atoms with Crippen molar-refractivity contribution in [3.63, 3.8) is 0 Å². The highest BCUT2D eigenvalue weighted by Gasteiger charge is 2.12. The maximum atomic E-state index is 10.9. The molecule has 1 heterocycles. The number of nitrogens with zero attached hydrogens (tertiary/aromatic N) is 1. The molecule has 0 aromatic carbocycles. The Bertz CT molecular complexity index is 346. The summed E-state index contributed by atoms with van der Waals surface area (Å²) < 4.78 is 0.900. The minimum absolute atomic E-state index is 0.00463. The Morgan fingerprint density at radius 2 is 1.92 bits per heavy atom. The first-order valence-corrected chi connectivity index (χ1v) is 3.83. The highest BCUT2D eigenvalue weighted by molar-refractivity contribution is 4.73. The monoisotopic (exact) mass is 188 g/mol. The molecule has 1 aromatic rings. The average molecular weight is 188 g/mol. The second-order valence-electron chi connectivity index (χ2n) is 2.88. The van der Waals surface area contributed by atoms with Gasteiger partial charge in [-0.1, -0.05) is 0 Å². The summed E-state index contributed by atoms with van der Waals surface area (Å²) in [4.78, 5) is 21.9. The number of hydrogen-bond acceptors (Lipinski definition) is 4. The Kier molecular flexibility index (Phi) is 2.69. The van der Waals surface area contributed by atoms with Crippen molar-refractivity contribution >= 4 is 0 Å². The number of hydrogen-bond donors (Lipinski definition) is 4. The van der Waals surface area contributed by atoms with E-state index in [0.29, 0.717) is 0 Å². The molecule has 74 valence electrons. The molecule has 0 aliphatic heterocycles. The third-order valence-electron chi connectivity index (χ3n) is 1.78. The minimum Gasteiger partial charge on any atom is -0.392 e. The second-order valence-corrected chi connectivity index (χ2v) is 2.88. The molecule has 0 aliphatic rings. The van der Waals surface area contributed by atoms with Crippen molar-refractivity contribution in [2.75, 3.05) is 0 Å². The van der Waals surface area contributed by atoms with Gasteiger partial charge in [0.15, 0.2) is 0 Å². The van der Waals surface area contributed by atoms with Gasteiger partial charge in [0.2, 0.25) is 0 Å². The van der Waals surface area contributed by atoms with Gasteiger partial charge >= 0.3 is 11.4 Å². The normalized spacial score (nSPS) is 15.6. The van der Waals surface area contributed by atoms with Gasteiger partial charge in [-0.25, -0.2) is 24.4 Å². The fraction of sp³-hybridized carbons (Fsp3) is 0.667. The molecular weight excluding hydrogens is 176 g/mol. The maximum Gasteiger partial charge on any atom is 0.344 e. The molecule has 0 fully saturated rings. The fourth-order valence-electron chi connectivity index (χ4n) is 0.863. The molecule has 2 atom stereocenters. The van der Waals surface area contributed by atoms with E-state index in [1.54, 1.807) is 0 Å². The topological polar surface area (TPSA) is 117 Å². The number of H-pyrrole nitrogens is 2. The molecule has 0 radical (unpaired) electrons. The molecule has 1 rings (SSSR count). The highest BCUT2D eigenvalue weighted by Crippen LogP contribution is 1.89. The fourth-order valence-corrected chi connectivity index (χ4v) is 0.863. The van der Waals surface area contributed by atoms with Crippen LogP contribution in [0.2, 0.25) is 0 Å². The van der Waals surface area contributed by atoms with Crippen LogP contribution in [0, 0.1) is 0 Å². The third kappa shape index (κ3) is 2.07. The lowest BCUT2D eigenvalue weighted by molar-refractivity contribution is 0.154. The van der Waals surface area contributed by atoms with Gasteiger partial charge in [-0.15, -0.1) is 0 Å². The van der Waals surface area contributed by atoms with Crippen LogP contribution in [-0.4, -0.2) is 32.0 Å². The standard InChI is InChI=1S/C6H12N4O3/c1-3(11)4(7)2-10-5(12)8-9-6(10)13/h3-4,11H,2,7H2,1H3,(H,8,12)(H,9,13). The van der Waals surface area contributed by atoms with Gasteiger partial charge in [0.1, 0.15) is 0 Å². The number of nitrogens with two attached hydrogens (primary N) is 1. The zero-order valence-electron chi connectivity index (χ0n) is 7.15. The molecule has 0 amide bonds. The molecule has 1 aromatic heterocycles. The number of aliphatic hydroxyl groups excluding tert-OH is 1. The summed E-state index contributed by atoms with van der Waals surface area (Å²) in [6.07, 6.45) is -0.763. The molecule has 0 saturated heterocycles. The molecule has 13 heavy (non-hydrogen) atoms. The molecule has 0 saturated carbocycles. The van der Waals surface area contributed by atoms with Crippen molar-refractivity contribution in [2.24, 2.45) is 5.73 Å². The van der Waals surface area contributed by atoms with Gasteiger partial charge < -0.3 is 10.8 Å². The van der Waals surface area contributed by atoms with Crippen LogP contribution in [0.1, 0.15) is 6.92 Å². The van der Waals surface area contributed by atoms with Gasteiger partial charge in [0.05, 0.1) is 6.10 Å². The van der Waals surface area contributed by atoms with Crippen molar-refractivity contribution in [1.82, 2.24) is 14.8 Å². The molecule has 0 bridgehead atoms.